The number of aliphatic hydroxyl groups is 2. The zero-order valence-corrected chi connectivity index (χ0v) is 9.17. The van der Waals surface area contributed by atoms with Gasteiger partial charge in [-0.2, -0.15) is 0 Å². The van der Waals surface area contributed by atoms with E-state index in [2.05, 4.69) is 19.9 Å². The lowest BCUT2D eigenvalue weighted by Crippen LogP contribution is -2.35. The summed E-state index contributed by atoms with van der Waals surface area (Å²) in [6, 6.07) is 0. The first-order chi connectivity index (χ1) is 5.88. The predicted octanol–water partition coefficient (Wildman–Crippen LogP) is 2.25. The van der Waals surface area contributed by atoms with Crippen LogP contribution >= 0.6 is 0 Å². The quantitative estimate of drug-likeness (QED) is 0.646. The van der Waals surface area contributed by atoms with Crippen molar-refractivity contribution in [3.8, 4) is 0 Å². The van der Waals surface area contributed by atoms with Crippen LogP contribution in [0.4, 0.5) is 0 Å². The molecule has 78 valence electrons. The van der Waals surface area contributed by atoms with Crippen LogP contribution in [-0.2, 0) is 0 Å². The minimum absolute atomic E-state index is 0.631. The Morgan fingerprint density at radius 3 is 2.38 bits per heavy atom. The number of hydrogen-bond acceptors (Lipinski definition) is 2. The summed E-state index contributed by atoms with van der Waals surface area (Å²) < 4.78 is 0. The molecule has 0 aliphatic carbocycles. The Morgan fingerprint density at radius 1 is 1.46 bits per heavy atom. The van der Waals surface area contributed by atoms with Crippen LogP contribution in [0.25, 0.3) is 0 Å². The Bertz CT molecular complexity index is 165. The highest BCUT2D eigenvalue weighted by atomic mass is 16.3. The number of aliphatic hydroxyl groups excluding tert-OH is 1. The van der Waals surface area contributed by atoms with Gasteiger partial charge < -0.3 is 10.2 Å². The van der Waals surface area contributed by atoms with Crippen LogP contribution < -0.4 is 0 Å². The molecule has 1 atom stereocenters. The summed E-state index contributed by atoms with van der Waals surface area (Å²) in [5, 5.41) is 19.0. The first kappa shape index (κ1) is 12.7. The molecule has 0 saturated carbocycles. The number of allylic oxidation sites excluding steroid dienone is 2. The van der Waals surface area contributed by atoms with E-state index in [-0.39, 0.29) is 0 Å². The maximum Gasteiger partial charge on any atom is 0.0849 e. The van der Waals surface area contributed by atoms with E-state index in [0.29, 0.717) is 6.42 Å². The molecule has 0 radical (unpaired) electrons. The maximum atomic E-state index is 9.53. The highest BCUT2D eigenvalue weighted by Crippen LogP contribution is 2.16. The third-order valence-corrected chi connectivity index (χ3v) is 2.18. The zero-order valence-electron chi connectivity index (χ0n) is 9.17. The molecule has 0 aliphatic heterocycles. The second-order valence-corrected chi connectivity index (χ2v) is 4.17. The molecule has 0 heterocycles. The molecule has 13 heavy (non-hydrogen) atoms. The van der Waals surface area contributed by atoms with Crippen molar-refractivity contribution in [1.29, 1.82) is 0 Å². The fourth-order valence-corrected chi connectivity index (χ4v) is 1.17. The Morgan fingerprint density at radius 2 is 2.00 bits per heavy atom. The van der Waals surface area contributed by atoms with Gasteiger partial charge in [-0.1, -0.05) is 18.6 Å². The Labute approximate surface area is 81.3 Å². The molecule has 2 heteroatoms. The standard InChI is InChI=1S/C11H22O2/c1-5-6-9(2)7-8-10(12)11(3,4)13/h6,10,12-13H,5,7-8H2,1-4H3. The van der Waals surface area contributed by atoms with Gasteiger partial charge >= 0.3 is 0 Å². The molecule has 2 nitrogen and oxygen atoms in total. The van der Waals surface area contributed by atoms with Gasteiger partial charge in [0.15, 0.2) is 0 Å². The lowest BCUT2D eigenvalue weighted by atomic mass is 9.96. The Kier molecular flexibility index (Phi) is 5.26. The van der Waals surface area contributed by atoms with Crippen molar-refractivity contribution < 1.29 is 10.2 Å². The van der Waals surface area contributed by atoms with Crippen LogP contribution in [0.3, 0.4) is 0 Å². The van der Waals surface area contributed by atoms with Crippen LogP contribution in [0.1, 0.15) is 47.0 Å². The van der Waals surface area contributed by atoms with Crippen LogP contribution in [0.5, 0.6) is 0 Å². The van der Waals surface area contributed by atoms with Crippen molar-refractivity contribution in [3.05, 3.63) is 11.6 Å². The van der Waals surface area contributed by atoms with Gasteiger partial charge in [0.25, 0.3) is 0 Å². The lowest BCUT2D eigenvalue weighted by Gasteiger charge is -2.24. The topological polar surface area (TPSA) is 40.5 Å². The van der Waals surface area contributed by atoms with Crippen molar-refractivity contribution >= 4 is 0 Å². The molecule has 0 spiro atoms. The summed E-state index contributed by atoms with van der Waals surface area (Å²) in [6.07, 6.45) is 4.04. The summed E-state index contributed by atoms with van der Waals surface area (Å²) in [5.41, 5.74) is 0.303. The third-order valence-electron chi connectivity index (χ3n) is 2.18. The normalized spacial score (nSPS) is 16.0. The fraction of sp³-hybridized carbons (Fsp3) is 0.818. The van der Waals surface area contributed by atoms with Gasteiger partial charge in [-0.15, -0.1) is 0 Å². The highest BCUT2D eigenvalue weighted by molar-refractivity contribution is 4.98. The first-order valence-corrected chi connectivity index (χ1v) is 4.94. The van der Waals surface area contributed by atoms with Crippen LogP contribution in [0, 0.1) is 0 Å². The maximum absolute atomic E-state index is 9.53. The van der Waals surface area contributed by atoms with E-state index in [1.165, 1.54) is 5.57 Å². The van der Waals surface area contributed by atoms with Gasteiger partial charge in [-0.05, 0) is 40.0 Å². The summed E-state index contributed by atoms with van der Waals surface area (Å²) in [6.45, 7) is 7.42. The summed E-state index contributed by atoms with van der Waals surface area (Å²) in [7, 11) is 0. The first-order valence-electron chi connectivity index (χ1n) is 4.94. The lowest BCUT2D eigenvalue weighted by molar-refractivity contribution is -0.0509. The van der Waals surface area contributed by atoms with Crippen molar-refractivity contribution in [2.24, 2.45) is 0 Å². The van der Waals surface area contributed by atoms with Gasteiger partial charge in [-0.3, -0.25) is 0 Å². The SMILES string of the molecule is CCC=C(C)CCC(O)C(C)(C)O. The van der Waals surface area contributed by atoms with E-state index in [1.54, 1.807) is 13.8 Å². The largest absolute Gasteiger partial charge is 0.390 e. The van der Waals surface area contributed by atoms with Crippen molar-refractivity contribution in [3.63, 3.8) is 0 Å². The average molecular weight is 186 g/mol. The van der Waals surface area contributed by atoms with Gasteiger partial charge in [0.2, 0.25) is 0 Å². The molecule has 0 saturated heterocycles. The van der Waals surface area contributed by atoms with Gasteiger partial charge in [0, 0.05) is 0 Å². The van der Waals surface area contributed by atoms with Crippen molar-refractivity contribution in [1.82, 2.24) is 0 Å². The molecule has 1 unspecified atom stereocenters. The van der Waals surface area contributed by atoms with E-state index < -0.39 is 11.7 Å². The fourth-order valence-electron chi connectivity index (χ4n) is 1.17. The van der Waals surface area contributed by atoms with Crippen molar-refractivity contribution in [2.45, 2.75) is 58.7 Å². The molecule has 0 aromatic heterocycles. The molecule has 0 aliphatic rings. The van der Waals surface area contributed by atoms with Crippen LogP contribution in [0.15, 0.2) is 11.6 Å². The van der Waals surface area contributed by atoms with Crippen LogP contribution in [0.2, 0.25) is 0 Å². The van der Waals surface area contributed by atoms with E-state index in [4.69, 9.17) is 0 Å². The van der Waals surface area contributed by atoms with Crippen molar-refractivity contribution in [2.75, 3.05) is 0 Å². The molecule has 0 aromatic rings. The van der Waals surface area contributed by atoms with Crippen LogP contribution in [-0.4, -0.2) is 21.9 Å². The Balaban J connectivity index is 3.83. The van der Waals surface area contributed by atoms with E-state index in [9.17, 15) is 10.2 Å². The van der Waals surface area contributed by atoms with E-state index >= 15 is 0 Å². The van der Waals surface area contributed by atoms with Gasteiger partial charge in [0.1, 0.15) is 0 Å². The molecule has 0 amide bonds. The monoisotopic (exact) mass is 186 g/mol. The van der Waals surface area contributed by atoms with Gasteiger partial charge in [0.05, 0.1) is 11.7 Å². The zero-order chi connectivity index (χ0) is 10.5. The molecule has 0 rings (SSSR count). The molecule has 2 N–H and O–H groups in total. The third kappa shape index (κ3) is 5.83. The minimum Gasteiger partial charge on any atom is -0.390 e. The second kappa shape index (κ2) is 5.40. The smallest absolute Gasteiger partial charge is 0.0849 e. The molecular weight excluding hydrogens is 164 g/mol. The summed E-state index contributed by atoms with van der Waals surface area (Å²) in [5.74, 6) is 0. The molecular formula is C11H22O2. The van der Waals surface area contributed by atoms with Gasteiger partial charge in [-0.25, -0.2) is 0 Å². The summed E-state index contributed by atoms with van der Waals surface area (Å²) >= 11 is 0. The molecule has 0 aromatic carbocycles. The minimum atomic E-state index is -0.980. The summed E-state index contributed by atoms with van der Waals surface area (Å²) in [4.78, 5) is 0. The molecule has 0 bridgehead atoms. The highest BCUT2D eigenvalue weighted by Gasteiger charge is 2.23. The number of rotatable bonds is 5. The van der Waals surface area contributed by atoms with E-state index in [1.807, 2.05) is 0 Å². The number of hydrogen-bond donors (Lipinski definition) is 2. The molecule has 0 fully saturated rings. The second-order valence-electron chi connectivity index (χ2n) is 4.17. The predicted molar refractivity (Wildman–Crippen MR) is 55.6 cm³/mol. The Hall–Kier alpha value is -0.340. The average Bonchev–Trinajstić information content (AvgIpc) is 1.99. The van der Waals surface area contributed by atoms with E-state index in [0.717, 1.165) is 12.8 Å².